The molecule has 124 valence electrons. The molecule has 1 aromatic rings. The van der Waals surface area contributed by atoms with Crippen molar-refractivity contribution in [2.45, 2.75) is 13.3 Å². The molecule has 23 heavy (non-hydrogen) atoms. The van der Waals surface area contributed by atoms with Gasteiger partial charge in [-0.1, -0.05) is 17.7 Å². The molecule has 1 heterocycles. The third kappa shape index (κ3) is 3.71. The molecule has 4 nitrogen and oxygen atoms in total. The number of aliphatic hydroxyl groups is 1. The first-order valence-electron chi connectivity index (χ1n) is 7.39. The summed E-state index contributed by atoms with van der Waals surface area (Å²) in [5.41, 5.74) is 3.95. The highest BCUT2D eigenvalue weighted by atomic mass is 35.5. The second-order valence-electron chi connectivity index (χ2n) is 5.51. The van der Waals surface area contributed by atoms with Crippen molar-refractivity contribution in [3.05, 3.63) is 45.7 Å². The first kappa shape index (κ1) is 17.9. The van der Waals surface area contributed by atoms with Gasteiger partial charge in [0.2, 0.25) is 0 Å². The van der Waals surface area contributed by atoms with Gasteiger partial charge in [-0.25, -0.2) is 4.79 Å². The molecule has 0 fully saturated rings. The maximum Gasteiger partial charge on any atom is 0.338 e. The third-order valence-electron chi connectivity index (χ3n) is 4.00. The molecule has 0 saturated heterocycles. The second kappa shape index (κ2) is 7.39. The molecule has 0 unspecified atom stereocenters. The quantitative estimate of drug-likeness (QED) is 0.836. The van der Waals surface area contributed by atoms with Gasteiger partial charge >= 0.3 is 5.97 Å². The van der Waals surface area contributed by atoms with Crippen molar-refractivity contribution in [2.75, 3.05) is 26.2 Å². The summed E-state index contributed by atoms with van der Waals surface area (Å²) in [5, 5.41) is 10.6. The van der Waals surface area contributed by atoms with Crippen LogP contribution in [-0.2, 0) is 9.53 Å². The highest BCUT2D eigenvalue weighted by Crippen LogP contribution is 2.35. The minimum atomic E-state index is -0.421. The van der Waals surface area contributed by atoms with Crippen LogP contribution in [0.5, 0.6) is 0 Å². The molecule has 1 N–H and O–H groups in total. The number of ether oxygens (including phenoxy) is 1. The Morgan fingerprint density at radius 2 is 2.22 bits per heavy atom. The number of hydrogen-bond acceptors (Lipinski definition) is 4. The second-order valence-corrected chi connectivity index (χ2v) is 5.94. The van der Waals surface area contributed by atoms with E-state index in [1.807, 2.05) is 18.2 Å². The molecule has 0 atom stereocenters. The number of hydrogen-bond donors (Lipinski definition) is 1. The predicted octanol–water partition coefficient (Wildman–Crippen LogP) is 3.70. The Balaban J connectivity index is 0.00000192. The summed E-state index contributed by atoms with van der Waals surface area (Å²) in [6.07, 6.45) is 2.61. The lowest BCUT2D eigenvalue weighted by Gasteiger charge is -2.31. The predicted molar refractivity (Wildman–Crippen MR) is 93.9 cm³/mol. The summed E-state index contributed by atoms with van der Waals surface area (Å²) in [7, 11) is 0. The van der Waals surface area contributed by atoms with Gasteiger partial charge in [-0.15, -0.1) is 12.4 Å². The van der Waals surface area contributed by atoms with Crippen molar-refractivity contribution in [3.63, 3.8) is 0 Å². The van der Waals surface area contributed by atoms with Crippen LogP contribution in [0.4, 0.5) is 0 Å². The summed E-state index contributed by atoms with van der Waals surface area (Å²) < 4.78 is 5.00. The first-order chi connectivity index (χ1) is 10.6. The number of fused-ring (bicyclic) bond motifs is 1. The summed E-state index contributed by atoms with van der Waals surface area (Å²) in [6, 6.07) is 5.86. The minimum Gasteiger partial charge on any atom is -0.512 e. The molecule has 0 spiro atoms. The number of carbonyl (C=O) groups excluding carboxylic acids is 1. The van der Waals surface area contributed by atoms with Gasteiger partial charge in [0, 0.05) is 31.1 Å². The van der Waals surface area contributed by atoms with Crippen LogP contribution in [0.15, 0.2) is 29.5 Å². The standard InChI is InChI=1S/C17H18ClNO3.ClH/c1-2-22-17(21)15-10-19(6-5-16(15)20)9-12-7-11-3-4-13(18)8-14(11)12;/h3-4,7-8,20H,2,5-6,9-10H2,1H3;1H. The van der Waals surface area contributed by atoms with Crippen molar-refractivity contribution in [1.82, 2.24) is 4.90 Å². The van der Waals surface area contributed by atoms with E-state index in [1.54, 1.807) is 6.92 Å². The zero-order valence-corrected chi connectivity index (χ0v) is 14.4. The number of benzene rings is 1. The monoisotopic (exact) mass is 355 g/mol. The molecular weight excluding hydrogens is 337 g/mol. The Labute approximate surface area is 146 Å². The molecule has 1 aliphatic carbocycles. The van der Waals surface area contributed by atoms with Gasteiger partial charge in [0.25, 0.3) is 0 Å². The van der Waals surface area contributed by atoms with E-state index in [0.717, 1.165) is 18.1 Å². The normalized spacial score (nSPS) is 16.9. The maximum absolute atomic E-state index is 11.9. The summed E-state index contributed by atoms with van der Waals surface area (Å²) in [6.45, 7) is 3.95. The van der Waals surface area contributed by atoms with Gasteiger partial charge < -0.3 is 9.84 Å². The molecule has 3 rings (SSSR count). The van der Waals surface area contributed by atoms with Crippen LogP contribution < -0.4 is 0 Å². The number of nitrogens with zero attached hydrogens (tertiary/aromatic N) is 1. The first-order valence-corrected chi connectivity index (χ1v) is 7.77. The number of rotatable bonds is 4. The van der Waals surface area contributed by atoms with Crippen molar-refractivity contribution >= 4 is 41.6 Å². The van der Waals surface area contributed by atoms with Crippen molar-refractivity contribution < 1.29 is 14.6 Å². The van der Waals surface area contributed by atoms with Crippen LogP contribution in [0.1, 0.15) is 24.5 Å². The van der Waals surface area contributed by atoms with E-state index in [-0.39, 0.29) is 18.2 Å². The van der Waals surface area contributed by atoms with Crippen molar-refractivity contribution in [3.8, 4) is 0 Å². The molecule has 0 amide bonds. The zero-order valence-electron chi connectivity index (χ0n) is 12.8. The molecule has 1 aromatic carbocycles. The lowest BCUT2D eigenvalue weighted by atomic mass is 9.88. The average molecular weight is 356 g/mol. The van der Waals surface area contributed by atoms with E-state index in [0.29, 0.717) is 25.1 Å². The fourth-order valence-corrected chi connectivity index (χ4v) is 3.01. The lowest BCUT2D eigenvalue weighted by Crippen LogP contribution is -2.36. The highest BCUT2D eigenvalue weighted by Gasteiger charge is 2.27. The molecule has 0 radical (unpaired) electrons. The third-order valence-corrected chi connectivity index (χ3v) is 4.24. The smallest absolute Gasteiger partial charge is 0.338 e. The summed E-state index contributed by atoms with van der Waals surface area (Å²) in [5.74, 6) is -0.267. The highest BCUT2D eigenvalue weighted by molar-refractivity contribution is 6.31. The van der Waals surface area contributed by atoms with Crippen LogP contribution >= 0.6 is 24.0 Å². The van der Waals surface area contributed by atoms with Crippen LogP contribution in [0.2, 0.25) is 5.02 Å². The Morgan fingerprint density at radius 3 is 2.96 bits per heavy atom. The van der Waals surface area contributed by atoms with E-state index in [2.05, 4.69) is 11.0 Å². The van der Waals surface area contributed by atoms with Crippen LogP contribution in [0, 0.1) is 0 Å². The van der Waals surface area contributed by atoms with Crippen LogP contribution in [0.25, 0.3) is 11.6 Å². The lowest BCUT2D eigenvalue weighted by molar-refractivity contribution is -0.139. The Bertz CT molecular complexity index is 682. The average Bonchev–Trinajstić information content (AvgIpc) is 2.48. The zero-order chi connectivity index (χ0) is 15.7. The molecule has 6 heteroatoms. The number of halogens is 2. The summed E-state index contributed by atoms with van der Waals surface area (Å²) >= 11 is 6.03. The fraction of sp³-hybridized carbons (Fsp3) is 0.353. The number of carbonyl (C=O) groups is 1. The number of aliphatic hydroxyl groups excluding tert-OH is 1. The largest absolute Gasteiger partial charge is 0.512 e. The van der Waals surface area contributed by atoms with Gasteiger partial charge in [-0.3, -0.25) is 4.90 Å². The Morgan fingerprint density at radius 1 is 1.43 bits per heavy atom. The molecule has 0 saturated carbocycles. The van der Waals surface area contributed by atoms with Gasteiger partial charge in [-0.2, -0.15) is 0 Å². The molecule has 0 aromatic heterocycles. The van der Waals surface area contributed by atoms with E-state index in [4.69, 9.17) is 16.3 Å². The molecule has 2 aliphatic rings. The molecular formula is C17H19Cl2NO3. The topological polar surface area (TPSA) is 49.8 Å². The van der Waals surface area contributed by atoms with Crippen molar-refractivity contribution in [1.29, 1.82) is 0 Å². The van der Waals surface area contributed by atoms with Crippen molar-refractivity contribution in [2.24, 2.45) is 0 Å². The minimum absolute atomic E-state index is 0. The fourth-order valence-electron chi connectivity index (χ4n) is 2.84. The molecule has 0 bridgehead atoms. The van der Waals surface area contributed by atoms with Crippen LogP contribution in [0.3, 0.4) is 0 Å². The number of esters is 1. The van der Waals surface area contributed by atoms with Gasteiger partial charge in [0.05, 0.1) is 12.2 Å². The van der Waals surface area contributed by atoms with Gasteiger partial charge in [0.15, 0.2) is 0 Å². The van der Waals surface area contributed by atoms with E-state index in [9.17, 15) is 9.90 Å². The Hall–Kier alpha value is -1.49. The van der Waals surface area contributed by atoms with Gasteiger partial charge in [0.1, 0.15) is 5.76 Å². The van der Waals surface area contributed by atoms with Crippen LogP contribution in [-0.4, -0.2) is 42.2 Å². The maximum atomic E-state index is 11.9. The van der Waals surface area contributed by atoms with E-state index >= 15 is 0 Å². The van der Waals surface area contributed by atoms with E-state index in [1.165, 1.54) is 16.7 Å². The SMILES string of the molecule is CCOC(=O)C1=C(O)CCN(CC2=Cc3ccc(Cl)cc32)C1.Cl. The van der Waals surface area contributed by atoms with Gasteiger partial charge in [-0.05, 0) is 41.8 Å². The Kier molecular flexibility index (Phi) is 5.74. The summed E-state index contributed by atoms with van der Waals surface area (Å²) in [4.78, 5) is 14.0. The molecule has 1 aliphatic heterocycles. The van der Waals surface area contributed by atoms with E-state index < -0.39 is 5.97 Å².